The molecule has 0 unspecified atom stereocenters. The Morgan fingerprint density at radius 2 is 2.03 bits per heavy atom. The Morgan fingerprint density at radius 1 is 1.21 bits per heavy atom. The summed E-state index contributed by atoms with van der Waals surface area (Å²) in [6.45, 7) is 5.84. The maximum absolute atomic E-state index is 9.91. The SMILES string of the molecule is COc1cc2c(cc1-c1c(C)noc1C)[nH]c1nc(C)nc(Nc3cc(C4CC4)nn3CC[C@H](O)CO)c12. The highest BCUT2D eigenvalue weighted by molar-refractivity contribution is 6.13. The number of aliphatic hydroxyl groups is 2. The molecule has 1 aliphatic carbocycles. The molecule has 0 aliphatic heterocycles. The number of nitrogens with one attached hydrogen (secondary N) is 2. The Balaban J connectivity index is 1.47. The van der Waals surface area contributed by atoms with Gasteiger partial charge in [0, 0.05) is 35.0 Å². The molecule has 38 heavy (non-hydrogen) atoms. The van der Waals surface area contributed by atoms with Crippen LogP contribution >= 0.6 is 0 Å². The van der Waals surface area contributed by atoms with E-state index in [4.69, 9.17) is 19.3 Å². The Labute approximate surface area is 218 Å². The molecule has 198 valence electrons. The van der Waals surface area contributed by atoms with Crippen molar-refractivity contribution in [1.82, 2.24) is 29.9 Å². The van der Waals surface area contributed by atoms with E-state index in [-0.39, 0.29) is 6.61 Å². The van der Waals surface area contributed by atoms with E-state index < -0.39 is 6.10 Å². The van der Waals surface area contributed by atoms with Crippen LogP contribution in [-0.2, 0) is 6.54 Å². The normalized spacial score (nSPS) is 14.5. The van der Waals surface area contributed by atoms with Crippen LogP contribution in [0.4, 0.5) is 11.6 Å². The van der Waals surface area contributed by atoms with Crippen LogP contribution in [0.2, 0.25) is 0 Å². The molecule has 1 fully saturated rings. The highest BCUT2D eigenvalue weighted by Gasteiger charge is 2.28. The molecule has 5 aromatic rings. The molecule has 1 atom stereocenters. The number of fused-ring (bicyclic) bond motifs is 3. The zero-order valence-corrected chi connectivity index (χ0v) is 21.9. The molecule has 4 heterocycles. The second-order valence-corrected chi connectivity index (χ2v) is 9.97. The number of nitrogens with zero attached hydrogens (tertiary/aromatic N) is 5. The van der Waals surface area contributed by atoms with Crippen LogP contribution in [-0.4, -0.2) is 59.9 Å². The molecule has 0 saturated heterocycles. The fraction of sp³-hybridized carbons (Fsp3) is 0.407. The first-order valence-corrected chi connectivity index (χ1v) is 12.8. The van der Waals surface area contributed by atoms with Crippen molar-refractivity contribution in [2.75, 3.05) is 19.0 Å². The highest BCUT2D eigenvalue weighted by atomic mass is 16.5. The summed E-state index contributed by atoms with van der Waals surface area (Å²) in [4.78, 5) is 12.9. The summed E-state index contributed by atoms with van der Waals surface area (Å²) in [7, 11) is 1.65. The fourth-order valence-corrected chi connectivity index (χ4v) is 5.03. The third kappa shape index (κ3) is 4.27. The lowest BCUT2D eigenvalue weighted by Gasteiger charge is -2.12. The van der Waals surface area contributed by atoms with Crippen LogP contribution in [0.1, 0.15) is 48.2 Å². The topological polar surface area (TPSA) is 147 Å². The molecule has 4 N–H and O–H groups in total. The van der Waals surface area contributed by atoms with E-state index >= 15 is 0 Å². The Kier molecular flexibility index (Phi) is 6.04. The van der Waals surface area contributed by atoms with Gasteiger partial charge in [-0.1, -0.05) is 5.16 Å². The molecule has 1 aromatic carbocycles. The largest absolute Gasteiger partial charge is 0.496 e. The maximum atomic E-state index is 9.91. The number of H-pyrrole nitrogens is 1. The average Bonchev–Trinajstić information content (AvgIpc) is 3.46. The first-order valence-electron chi connectivity index (χ1n) is 12.8. The van der Waals surface area contributed by atoms with E-state index in [2.05, 4.69) is 26.5 Å². The van der Waals surface area contributed by atoms with Gasteiger partial charge in [-0.25, -0.2) is 14.6 Å². The predicted molar refractivity (Wildman–Crippen MR) is 143 cm³/mol. The van der Waals surface area contributed by atoms with Gasteiger partial charge in [0.05, 0.1) is 42.2 Å². The standard InChI is InChI=1S/C27H31N7O4/c1-13-24(14(2)38-33-13)19-9-21-18(10-22(19)37-4)25-26(30-21)28-15(3)29-27(25)31-23-11-20(16-5-6-16)32-34(23)8-7-17(36)12-35/h9-11,16-17,35-36H,5-8,12H2,1-4H3,(H2,28,29,30,31)/t17-/m0/s1. The lowest BCUT2D eigenvalue weighted by molar-refractivity contribution is 0.0839. The van der Waals surface area contributed by atoms with Crippen molar-refractivity contribution in [1.29, 1.82) is 0 Å². The molecule has 0 amide bonds. The first-order chi connectivity index (χ1) is 18.4. The summed E-state index contributed by atoms with van der Waals surface area (Å²) >= 11 is 0. The number of aryl methyl sites for hydroxylation is 4. The molecule has 0 radical (unpaired) electrons. The molecule has 6 rings (SSSR count). The monoisotopic (exact) mass is 517 g/mol. The molecular weight excluding hydrogens is 486 g/mol. The van der Waals surface area contributed by atoms with Gasteiger partial charge in [0.1, 0.15) is 34.6 Å². The number of aliphatic hydroxyl groups excluding tert-OH is 2. The second kappa shape index (κ2) is 9.41. The van der Waals surface area contributed by atoms with E-state index in [9.17, 15) is 10.2 Å². The third-order valence-electron chi connectivity index (χ3n) is 7.11. The summed E-state index contributed by atoms with van der Waals surface area (Å²) in [6, 6.07) is 6.08. The Hall–Kier alpha value is -3.96. The average molecular weight is 518 g/mol. The highest BCUT2D eigenvalue weighted by Crippen LogP contribution is 2.42. The molecule has 0 bridgehead atoms. The van der Waals surface area contributed by atoms with E-state index in [0.717, 1.165) is 63.2 Å². The second-order valence-electron chi connectivity index (χ2n) is 9.97. The number of aromatic amines is 1. The summed E-state index contributed by atoms with van der Waals surface area (Å²) in [5.41, 5.74) is 5.20. The maximum Gasteiger partial charge on any atom is 0.145 e. The minimum atomic E-state index is -0.794. The Morgan fingerprint density at radius 3 is 2.71 bits per heavy atom. The van der Waals surface area contributed by atoms with Crippen molar-refractivity contribution in [3.05, 3.63) is 41.2 Å². The minimum absolute atomic E-state index is 0.279. The minimum Gasteiger partial charge on any atom is -0.496 e. The van der Waals surface area contributed by atoms with Crippen LogP contribution in [0.5, 0.6) is 5.75 Å². The van der Waals surface area contributed by atoms with Crippen LogP contribution in [0.25, 0.3) is 33.1 Å². The number of benzene rings is 1. The number of ether oxygens (including phenoxy) is 1. The van der Waals surface area contributed by atoms with Crippen molar-refractivity contribution in [2.45, 2.75) is 58.6 Å². The molecule has 11 heteroatoms. The lowest BCUT2D eigenvalue weighted by Crippen LogP contribution is -2.16. The van der Waals surface area contributed by atoms with Gasteiger partial charge in [-0.2, -0.15) is 5.10 Å². The quantitative estimate of drug-likeness (QED) is 0.225. The summed E-state index contributed by atoms with van der Waals surface area (Å²) in [6.07, 6.45) is 1.85. The third-order valence-corrected chi connectivity index (χ3v) is 7.11. The van der Waals surface area contributed by atoms with E-state index in [1.165, 1.54) is 0 Å². The molecular formula is C27H31N7O4. The number of hydrogen-bond acceptors (Lipinski definition) is 9. The summed E-state index contributed by atoms with van der Waals surface area (Å²) < 4.78 is 13.1. The molecule has 1 saturated carbocycles. The van der Waals surface area contributed by atoms with E-state index in [1.54, 1.807) is 7.11 Å². The Bertz CT molecular complexity index is 1630. The van der Waals surface area contributed by atoms with Gasteiger partial charge in [-0.15, -0.1) is 0 Å². The molecule has 11 nitrogen and oxygen atoms in total. The van der Waals surface area contributed by atoms with E-state index in [1.807, 2.05) is 37.6 Å². The van der Waals surface area contributed by atoms with E-state index in [0.29, 0.717) is 41.9 Å². The number of rotatable bonds is 9. The number of anilines is 2. The van der Waals surface area contributed by atoms with Gasteiger partial charge >= 0.3 is 0 Å². The summed E-state index contributed by atoms with van der Waals surface area (Å²) in [5.74, 6) is 3.93. The zero-order chi connectivity index (χ0) is 26.6. The van der Waals surface area contributed by atoms with Crippen LogP contribution in [0.3, 0.4) is 0 Å². The number of aromatic nitrogens is 6. The fourth-order valence-electron chi connectivity index (χ4n) is 5.03. The smallest absolute Gasteiger partial charge is 0.145 e. The van der Waals surface area contributed by atoms with Crippen molar-refractivity contribution in [2.24, 2.45) is 0 Å². The van der Waals surface area contributed by atoms with Gasteiger partial charge in [-0.3, -0.25) is 0 Å². The van der Waals surface area contributed by atoms with Crippen LogP contribution in [0, 0.1) is 20.8 Å². The van der Waals surface area contributed by atoms with Crippen molar-refractivity contribution in [3.63, 3.8) is 0 Å². The predicted octanol–water partition coefficient (Wildman–Crippen LogP) is 4.26. The summed E-state index contributed by atoms with van der Waals surface area (Å²) in [5, 5.41) is 33.3. The van der Waals surface area contributed by atoms with Crippen molar-refractivity contribution >= 4 is 33.6 Å². The first kappa shape index (κ1) is 24.4. The van der Waals surface area contributed by atoms with Gasteiger partial charge in [0.15, 0.2) is 0 Å². The van der Waals surface area contributed by atoms with Gasteiger partial charge in [0.2, 0.25) is 0 Å². The van der Waals surface area contributed by atoms with Crippen molar-refractivity contribution < 1.29 is 19.5 Å². The number of hydrogen-bond donors (Lipinski definition) is 4. The van der Waals surface area contributed by atoms with Crippen LogP contribution < -0.4 is 10.1 Å². The van der Waals surface area contributed by atoms with Crippen molar-refractivity contribution in [3.8, 4) is 16.9 Å². The van der Waals surface area contributed by atoms with Crippen LogP contribution in [0.15, 0.2) is 22.7 Å². The van der Waals surface area contributed by atoms with Gasteiger partial charge < -0.3 is 29.8 Å². The molecule has 4 aromatic heterocycles. The lowest BCUT2D eigenvalue weighted by atomic mass is 10.0. The number of methoxy groups -OCH3 is 1. The molecule has 0 spiro atoms. The van der Waals surface area contributed by atoms with Gasteiger partial charge in [0.25, 0.3) is 0 Å². The van der Waals surface area contributed by atoms with Gasteiger partial charge in [-0.05, 0) is 52.2 Å². The zero-order valence-electron chi connectivity index (χ0n) is 21.9. The molecule has 1 aliphatic rings.